The molecule has 0 aliphatic carbocycles. The Hall–Kier alpha value is -0.180. The van der Waals surface area contributed by atoms with Crippen LogP contribution in [0.4, 0.5) is 0 Å². The zero-order valence-corrected chi connectivity index (χ0v) is 23.3. The van der Waals surface area contributed by atoms with E-state index in [1.807, 2.05) is 0 Å². The average Bonchev–Trinajstić information content (AvgIpc) is 3.10. The molecule has 0 atom stereocenters. The molecule has 0 unspecified atom stereocenters. The van der Waals surface area contributed by atoms with Crippen LogP contribution in [0.5, 0.6) is 0 Å². The van der Waals surface area contributed by atoms with Crippen LogP contribution in [0.25, 0.3) is 0 Å². The molecule has 1 heterocycles. The summed E-state index contributed by atoms with van der Waals surface area (Å²) in [5.41, 5.74) is 0. The van der Waals surface area contributed by atoms with E-state index in [4.69, 9.17) is 0 Å². The fourth-order valence-corrected chi connectivity index (χ4v) is 4.70. The van der Waals surface area contributed by atoms with Crippen LogP contribution in [-0.4, -0.2) is 29.1 Å². The molecule has 0 amide bonds. The first kappa shape index (κ1) is 30.8. The second-order valence-electron chi connectivity index (χ2n) is 9.77. The van der Waals surface area contributed by atoms with Crippen molar-refractivity contribution < 1.29 is 0 Å². The third-order valence-corrected chi connectivity index (χ3v) is 6.95. The van der Waals surface area contributed by atoms with Crippen LogP contribution >= 0.6 is 17.0 Å². The minimum atomic E-state index is 0. The monoisotopic (exact) mass is 500 g/mol. The summed E-state index contributed by atoms with van der Waals surface area (Å²) >= 11 is 0. The van der Waals surface area contributed by atoms with Gasteiger partial charge in [0, 0.05) is 25.5 Å². The number of nitrogens with zero attached hydrogens (tertiary/aromatic N) is 2. The average molecular weight is 502 g/mol. The summed E-state index contributed by atoms with van der Waals surface area (Å²) in [6, 6.07) is 0. The van der Waals surface area contributed by atoms with E-state index in [2.05, 4.69) is 43.0 Å². The Bertz CT molecular complexity index is 351. The lowest BCUT2D eigenvalue weighted by atomic mass is 10.1. The molecule has 0 N–H and O–H groups in total. The van der Waals surface area contributed by atoms with Gasteiger partial charge >= 0.3 is 0 Å². The number of halogens is 1. The first-order valence-corrected chi connectivity index (χ1v) is 14.0. The molecule has 2 nitrogen and oxygen atoms in total. The van der Waals surface area contributed by atoms with Gasteiger partial charge in [-0.2, -0.15) is 0 Å². The van der Waals surface area contributed by atoms with Crippen LogP contribution < -0.4 is 0 Å². The van der Waals surface area contributed by atoms with Crippen molar-refractivity contribution in [3.05, 3.63) is 12.4 Å². The Balaban J connectivity index is 0.00000900. The van der Waals surface area contributed by atoms with Gasteiger partial charge in [-0.15, -0.1) is 17.0 Å². The van der Waals surface area contributed by atoms with Crippen molar-refractivity contribution in [2.75, 3.05) is 13.1 Å². The van der Waals surface area contributed by atoms with E-state index in [0.717, 1.165) is 0 Å². The lowest BCUT2D eigenvalue weighted by molar-refractivity contribution is 0.165. The topological polar surface area (TPSA) is 6.48 Å². The van der Waals surface area contributed by atoms with Crippen LogP contribution in [0.3, 0.4) is 0 Å². The number of rotatable bonds is 22. The molecular formula is C28H57BrN2. The maximum absolute atomic E-state index is 2.56. The third-order valence-electron chi connectivity index (χ3n) is 6.95. The molecule has 31 heavy (non-hydrogen) atoms. The predicted octanol–water partition coefficient (Wildman–Crippen LogP) is 9.84. The molecule has 0 aromatic heterocycles. The molecule has 0 radical (unpaired) electrons. The molecule has 0 aromatic rings. The van der Waals surface area contributed by atoms with Crippen LogP contribution in [0.15, 0.2) is 12.4 Å². The summed E-state index contributed by atoms with van der Waals surface area (Å²) in [4.78, 5) is 5.11. The van der Waals surface area contributed by atoms with Crippen LogP contribution in [-0.2, 0) is 0 Å². The largest absolute Gasteiger partial charge is 0.356 e. The number of unbranched alkanes of at least 4 members (excludes halogenated alkanes) is 18. The molecule has 1 aliphatic heterocycles. The van der Waals surface area contributed by atoms with Crippen molar-refractivity contribution in [3.8, 4) is 0 Å². The molecule has 186 valence electrons. The molecular weight excluding hydrogens is 444 g/mol. The summed E-state index contributed by atoms with van der Waals surface area (Å²) in [7, 11) is 0. The van der Waals surface area contributed by atoms with E-state index in [0.29, 0.717) is 6.17 Å². The molecule has 0 saturated heterocycles. The van der Waals surface area contributed by atoms with E-state index >= 15 is 0 Å². The van der Waals surface area contributed by atoms with Crippen molar-refractivity contribution >= 4 is 17.0 Å². The van der Waals surface area contributed by atoms with Crippen molar-refractivity contribution in [2.45, 2.75) is 155 Å². The van der Waals surface area contributed by atoms with Gasteiger partial charge in [0.05, 0.1) is 6.17 Å². The maximum atomic E-state index is 2.56. The van der Waals surface area contributed by atoms with Crippen molar-refractivity contribution in [3.63, 3.8) is 0 Å². The van der Waals surface area contributed by atoms with Crippen molar-refractivity contribution in [1.29, 1.82) is 0 Å². The van der Waals surface area contributed by atoms with Crippen LogP contribution in [0.2, 0.25) is 0 Å². The second-order valence-corrected chi connectivity index (χ2v) is 9.77. The highest BCUT2D eigenvalue weighted by Crippen LogP contribution is 2.19. The first-order valence-electron chi connectivity index (χ1n) is 14.0. The standard InChI is InChI=1S/C28H56N2.BrH/c1-4-6-8-10-12-14-16-18-20-22-24-29-26-27-30(28(29)3)25-23-21-19-17-15-13-11-9-7-5-2;/h26-28H,4-25H2,1-3H3;1H. The molecule has 0 bridgehead atoms. The highest BCUT2D eigenvalue weighted by atomic mass is 79.9. The zero-order chi connectivity index (χ0) is 21.7. The Morgan fingerprint density at radius 2 is 0.710 bits per heavy atom. The fourth-order valence-electron chi connectivity index (χ4n) is 4.70. The molecule has 0 saturated carbocycles. The van der Waals surface area contributed by atoms with Crippen LogP contribution in [0.1, 0.15) is 149 Å². The second kappa shape index (κ2) is 23.0. The quantitative estimate of drug-likeness (QED) is 0.136. The van der Waals surface area contributed by atoms with E-state index in [-0.39, 0.29) is 17.0 Å². The Morgan fingerprint density at radius 1 is 0.452 bits per heavy atom. The Labute approximate surface area is 207 Å². The molecule has 0 aromatic carbocycles. The lowest BCUT2D eigenvalue weighted by Crippen LogP contribution is -2.36. The molecule has 1 aliphatic rings. The van der Waals surface area contributed by atoms with Gasteiger partial charge in [0.15, 0.2) is 0 Å². The normalized spacial score (nSPS) is 13.9. The summed E-state index contributed by atoms with van der Waals surface area (Å²) in [5.74, 6) is 0. The highest BCUT2D eigenvalue weighted by molar-refractivity contribution is 8.93. The zero-order valence-electron chi connectivity index (χ0n) is 21.6. The van der Waals surface area contributed by atoms with Gasteiger partial charge in [-0.3, -0.25) is 0 Å². The van der Waals surface area contributed by atoms with Crippen molar-refractivity contribution in [2.24, 2.45) is 0 Å². The van der Waals surface area contributed by atoms with Gasteiger partial charge in [0.25, 0.3) is 0 Å². The van der Waals surface area contributed by atoms with Gasteiger partial charge in [0.1, 0.15) is 0 Å². The van der Waals surface area contributed by atoms with E-state index in [1.54, 1.807) is 0 Å². The van der Waals surface area contributed by atoms with Gasteiger partial charge in [-0.05, 0) is 19.8 Å². The fraction of sp³-hybridized carbons (Fsp3) is 0.929. The smallest absolute Gasteiger partial charge is 0.0977 e. The molecule has 3 heteroatoms. The van der Waals surface area contributed by atoms with E-state index < -0.39 is 0 Å². The number of hydrogen-bond donors (Lipinski definition) is 0. The summed E-state index contributed by atoms with van der Waals surface area (Å²) in [6.07, 6.45) is 33.8. The Morgan fingerprint density at radius 3 is 1.00 bits per heavy atom. The van der Waals surface area contributed by atoms with Gasteiger partial charge in [0.2, 0.25) is 0 Å². The minimum absolute atomic E-state index is 0. The molecule has 1 rings (SSSR count). The number of hydrogen-bond acceptors (Lipinski definition) is 2. The summed E-state index contributed by atoms with van der Waals surface area (Å²) in [6.45, 7) is 9.46. The van der Waals surface area contributed by atoms with E-state index in [9.17, 15) is 0 Å². The predicted molar refractivity (Wildman–Crippen MR) is 146 cm³/mol. The van der Waals surface area contributed by atoms with Crippen molar-refractivity contribution in [1.82, 2.24) is 9.80 Å². The van der Waals surface area contributed by atoms with Crippen LogP contribution in [0, 0.1) is 0 Å². The minimum Gasteiger partial charge on any atom is -0.356 e. The lowest BCUT2D eigenvalue weighted by Gasteiger charge is -2.30. The SMILES string of the molecule is Br.CCCCCCCCCCCCN1C=CN(CCCCCCCCCCCC)C1C. The summed E-state index contributed by atoms with van der Waals surface area (Å²) < 4.78 is 0. The highest BCUT2D eigenvalue weighted by Gasteiger charge is 2.20. The third kappa shape index (κ3) is 17.0. The summed E-state index contributed by atoms with van der Waals surface area (Å²) in [5, 5.41) is 0. The molecule has 0 spiro atoms. The van der Waals surface area contributed by atoms with Gasteiger partial charge in [-0.25, -0.2) is 0 Å². The maximum Gasteiger partial charge on any atom is 0.0977 e. The van der Waals surface area contributed by atoms with Gasteiger partial charge in [-0.1, -0.05) is 129 Å². The first-order chi connectivity index (χ1) is 14.8. The van der Waals surface area contributed by atoms with E-state index in [1.165, 1.54) is 142 Å². The Kier molecular flexibility index (Phi) is 22.9. The molecule has 0 fully saturated rings. The van der Waals surface area contributed by atoms with Gasteiger partial charge < -0.3 is 9.80 Å².